The molecule has 6 heteroatoms. The lowest BCUT2D eigenvalue weighted by Crippen LogP contribution is -2.32. The lowest BCUT2D eigenvalue weighted by atomic mass is 10.0. The third-order valence-electron chi connectivity index (χ3n) is 4.33. The smallest absolute Gasteiger partial charge is 0.335 e. The van der Waals surface area contributed by atoms with Gasteiger partial charge < -0.3 is 10.2 Å². The summed E-state index contributed by atoms with van der Waals surface area (Å²) < 4.78 is 26.4. The molecule has 2 aromatic carbocycles. The second kappa shape index (κ2) is 8.87. The van der Waals surface area contributed by atoms with Gasteiger partial charge in [0, 0.05) is 19.1 Å². The van der Waals surface area contributed by atoms with Crippen LogP contribution in [0.3, 0.4) is 0 Å². The van der Waals surface area contributed by atoms with E-state index < -0.39 is 23.7 Å². The molecule has 1 unspecified atom stereocenters. The Labute approximate surface area is 151 Å². The average Bonchev–Trinajstić information content (AvgIpc) is 2.61. The summed E-state index contributed by atoms with van der Waals surface area (Å²) in [4.78, 5) is 12.9. The molecule has 0 saturated carbocycles. The molecule has 0 aromatic heterocycles. The SMILES string of the molecule is CC(C)N(CCC(O)c1ccc(C(=O)O)cc1)Cc1ccc(F)c(F)c1. The maximum Gasteiger partial charge on any atom is 0.335 e. The van der Waals surface area contributed by atoms with Gasteiger partial charge in [0.2, 0.25) is 0 Å². The van der Waals surface area contributed by atoms with E-state index in [1.165, 1.54) is 18.2 Å². The summed E-state index contributed by atoms with van der Waals surface area (Å²) in [7, 11) is 0. The highest BCUT2D eigenvalue weighted by atomic mass is 19.2. The van der Waals surface area contributed by atoms with Crippen molar-refractivity contribution in [1.29, 1.82) is 0 Å². The Morgan fingerprint density at radius 2 is 1.73 bits per heavy atom. The van der Waals surface area contributed by atoms with Crippen molar-refractivity contribution in [1.82, 2.24) is 4.90 Å². The molecular weight excluding hydrogens is 340 g/mol. The molecule has 140 valence electrons. The van der Waals surface area contributed by atoms with Gasteiger partial charge in [0.1, 0.15) is 0 Å². The van der Waals surface area contributed by atoms with Crippen LogP contribution >= 0.6 is 0 Å². The number of nitrogens with zero attached hydrogens (tertiary/aromatic N) is 1. The Kier molecular flexibility index (Phi) is 6.83. The highest BCUT2D eigenvalue weighted by Crippen LogP contribution is 2.20. The van der Waals surface area contributed by atoms with Crippen molar-refractivity contribution in [3.63, 3.8) is 0 Å². The molecule has 0 radical (unpaired) electrons. The zero-order valence-electron chi connectivity index (χ0n) is 14.8. The maximum atomic E-state index is 13.4. The number of aliphatic hydroxyl groups excluding tert-OH is 1. The van der Waals surface area contributed by atoms with E-state index in [0.29, 0.717) is 30.6 Å². The van der Waals surface area contributed by atoms with Crippen LogP contribution in [-0.2, 0) is 6.54 Å². The minimum Gasteiger partial charge on any atom is -0.478 e. The summed E-state index contributed by atoms with van der Waals surface area (Å²) in [5, 5.41) is 19.3. The number of hydrogen-bond donors (Lipinski definition) is 2. The Morgan fingerprint density at radius 3 is 2.27 bits per heavy atom. The van der Waals surface area contributed by atoms with Crippen LogP contribution in [0.2, 0.25) is 0 Å². The van der Waals surface area contributed by atoms with Gasteiger partial charge in [-0.3, -0.25) is 4.90 Å². The third kappa shape index (κ3) is 5.34. The van der Waals surface area contributed by atoms with Gasteiger partial charge in [-0.2, -0.15) is 0 Å². The molecule has 0 aliphatic heterocycles. The van der Waals surface area contributed by atoms with Crippen LogP contribution in [-0.4, -0.2) is 33.7 Å². The highest BCUT2D eigenvalue weighted by Gasteiger charge is 2.15. The third-order valence-corrected chi connectivity index (χ3v) is 4.33. The van der Waals surface area contributed by atoms with Crippen molar-refractivity contribution < 1.29 is 23.8 Å². The minimum absolute atomic E-state index is 0.157. The standard InChI is InChI=1S/C20H23F2NO3/c1-13(2)23(12-14-3-8-17(21)18(22)11-14)10-9-19(24)15-4-6-16(7-5-15)20(25)26/h3-8,11,13,19,24H,9-10,12H2,1-2H3,(H,25,26). The number of carbonyl (C=O) groups is 1. The second-order valence-electron chi connectivity index (χ2n) is 6.54. The van der Waals surface area contributed by atoms with Gasteiger partial charge in [-0.25, -0.2) is 13.6 Å². The fourth-order valence-electron chi connectivity index (χ4n) is 2.69. The predicted molar refractivity (Wildman–Crippen MR) is 94.9 cm³/mol. The summed E-state index contributed by atoms with van der Waals surface area (Å²) in [5.41, 5.74) is 1.48. The molecule has 2 aromatic rings. The molecule has 0 bridgehead atoms. The van der Waals surface area contributed by atoms with Gasteiger partial charge in [-0.15, -0.1) is 0 Å². The van der Waals surface area contributed by atoms with Crippen LogP contribution in [0.25, 0.3) is 0 Å². The molecule has 0 heterocycles. The van der Waals surface area contributed by atoms with Crippen molar-refractivity contribution in [3.05, 3.63) is 70.8 Å². The number of rotatable bonds is 8. The van der Waals surface area contributed by atoms with E-state index in [1.807, 2.05) is 13.8 Å². The van der Waals surface area contributed by atoms with Crippen LogP contribution in [0.1, 0.15) is 47.9 Å². The van der Waals surface area contributed by atoms with Crippen molar-refractivity contribution in [2.24, 2.45) is 0 Å². The summed E-state index contributed by atoms with van der Waals surface area (Å²) in [6.45, 7) is 4.99. The van der Waals surface area contributed by atoms with Gasteiger partial charge >= 0.3 is 5.97 Å². The van der Waals surface area contributed by atoms with Gasteiger partial charge in [0.05, 0.1) is 11.7 Å². The molecule has 1 atom stereocenters. The molecule has 0 aliphatic rings. The molecule has 0 saturated heterocycles. The molecule has 4 nitrogen and oxygen atoms in total. The number of hydrogen-bond acceptors (Lipinski definition) is 3. The van der Waals surface area contributed by atoms with E-state index in [-0.39, 0.29) is 11.6 Å². The molecular formula is C20H23F2NO3. The van der Waals surface area contributed by atoms with Gasteiger partial charge in [-0.05, 0) is 55.7 Å². The van der Waals surface area contributed by atoms with Crippen LogP contribution in [0.4, 0.5) is 8.78 Å². The lowest BCUT2D eigenvalue weighted by molar-refractivity contribution is 0.0696. The fourth-order valence-corrected chi connectivity index (χ4v) is 2.69. The first kappa shape index (κ1) is 20.0. The molecule has 2 N–H and O–H groups in total. The Hall–Kier alpha value is -2.31. The number of carboxylic acid groups (broad SMARTS) is 1. The van der Waals surface area contributed by atoms with Crippen molar-refractivity contribution >= 4 is 5.97 Å². The van der Waals surface area contributed by atoms with E-state index in [2.05, 4.69) is 4.90 Å². The van der Waals surface area contributed by atoms with E-state index in [0.717, 1.165) is 6.07 Å². The largest absolute Gasteiger partial charge is 0.478 e. The quantitative estimate of drug-likeness (QED) is 0.744. The first-order valence-corrected chi connectivity index (χ1v) is 8.47. The summed E-state index contributed by atoms with van der Waals surface area (Å²) >= 11 is 0. The number of benzene rings is 2. The zero-order valence-corrected chi connectivity index (χ0v) is 14.8. The number of carboxylic acids is 1. The van der Waals surface area contributed by atoms with Crippen molar-refractivity contribution in [2.45, 2.75) is 39.0 Å². The first-order chi connectivity index (χ1) is 12.3. The van der Waals surface area contributed by atoms with E-state index >= 15 is 0 Å². The van der Waals surface area contributed by atoms with Gasteiger partial charge in [-0.1, -0.05) is 18.2 Å². The van der Waals surface area contributed by atoms with Crippen LogP contribution in [0, 0.1) is 11.6 Å². The second-order valence-corrected chi connectivity index (χ2v) is 6.54. The Balaban J connectivity index is 1.98. The first-order valence-electron chi connectivity index (χ1n) is 8.47. The molecule has 0 amide bonds. The average molecular weight is 363 g/mol. The summed E-state index contributed by atoms with van der Waals surface area (Å²) in [6.07, 6.45) is -0.294. The monoisotopic (exact) mass is 363 g/mol. The maximum absolute atomic E-state index is 13.4. The number of halogens is 2. The van der Waals surface area contributed by atoms with Crippen molar-refractivity contribution in [3.8, 4) is 0 Å². The van der Waals surface area contributed by atoms with E-state index in [9.17, 15) is 18.7 Å². The summed E-state index contributed by atoms with van der Waals surface area (Å²) in [6, 6.07) is 10.1. The fraction of sp³-hybridized carbons (Fsp3) is 0.350. The van der Waals surface area contributed by atoms with E-state index in [1.54, 1.807) is 18.2 Å². The van der Waals surface area contributed by atoms with Crippen LogP contribution in [0.15, 0.2) is 42.5 Å². The molecule has 0 fully saturated rings. The van der Waals surface area contributed by atoms with Gasteiger partial charge in [0.25, 0.3) is 0 Å². The van der Waals surface area contributed by atoms with E-state index in [4.69, 9.17) is 5.11 Å². The van der Waals surface area contributed by atoms with Crippen LogP contribution in [0.5, 0.6) is 0 Å². The molecule has 2 rings (SSSR count). The zero-order chi connectivity index (χ0) is 19.3. The van der Waals surface area contributed by atoms with Gasteiger partial charge in [0.15, 0.2) is 11.6 Å². The highest BCUT2D eigenvalue weighted by molar-refractivity contribution is 5.87. The Morgan fingerprint density at radius 1 is 1.08 bits per heavy atom. The lowest BCUT2D eigenvalue weighted by Gasteiger charge is -2.27. The van der Waals surface area contributed by atoms with Crippen molar-refractivity contribution in [2.75, 3.05) is 6.54 Å². The summed E-state index contributed by atoms with van der Waals surface area (Å²) in [5.74, 6) is -2.75. The number of aliphatic hydroxyl groups is 1. The normalized spacial score (nSPS) is 12.6. The predicted octanol–water partition coefficient (Wildman–Crippen LogP) is 4.00. The molecule has 0 aliphatic carbocycles. The van der Waals surface area contributed by atoms with Crippen LogP contribution < -0.4 is 0 Å². The Bertz CT molecular complexity index is 747. The number of aromatic carboxylic acids is 1. The minimum atomic E-state index is -1.01. The topological polar surface area (TPSA) is 60.8 Å². The molecule has 26 heavy (non-hydrogen) atoms. The molecule has 0 spiro atoms.